The van der Waals surface area contributed by atoms with Crippen LogP contribution in [0.4, 0.5) is 0 Å². The maximum absolute atomic E-state index is 11.7. The molecule has 1 aliphatic rings. The van der Waals surface area contributed by atoms with E-state index in [1.807, 2.05) is 23.2 Å². The topological polar surface area (TPSA) is 33.2 Å². The maximum atomic E-state index is 11.7. The Labute approximate surface area is 90.1 Å². The van der Waals surface area contributed by atoms with Crippen LogP contribution in [0.25, 0.3) is 0 Å². The van der Waals surface area contributed by atoms with E-state index in [-0.39, 0.29) is 5.91 Å². The van der Waals surface area contributed by atoms with Crippen molar-refractivity contribution in [3.63, 3.8) is 0 Å². The quantitative estimate of drug-likeness (QED) is 0.752. The van der Waals surface area contributed by atoms with Gasteiger partial charge in [-0.2, -0.15) is 0 Å². The molecule has 2 rings (SSSR count). The molecule has 0 saturated carbocycles. The number of rotatable bonds is 3. The summed E-state index contributed by atoms with van der Waals surface area (Å²) in [5, 5.41) is 0. The van der Waals surface area contributed by atoms with Crippen LogP contribution in [0.15, 0.2) is 24.5 Å². The molecule has 1 aromatic rings. The first kappa shape index (κ1) is 10.1. The Hall–Kier alpha value is -1.38. The van der Waals surface area contributed by atoms with Crippen LogP contribution in [-0.2, 0) is 11.3 Å². The second kappa shape index (κ2) is 4.43. The summed E-state index contributed by atoms with van der Waals surface area (Å²) >= 11 is 0. The standard InChI is InChI=1S/C12H16N2O/c1-2-10-6-12(15)14(8-10)9-11-4-3-5-13-7-11/h3-5,7,10H,2,6,8-9H2,1H3/t10-/m0/s1. The van der Waals surface area contributed by atoms with Crippen molar-refractivity contribution in [3.8, 4) is 0 Å². The van der Waals surface area contributed by atoms with Crippen molar-refractivity contribution in [3.05, 3.63) is 30.1 Å². The van der Waals surface area contributed by atoms with Gasteiger partial charge < -0.3 is 4.90 Å². The van der Waals surface area contributed by atoms with Gasteiger partial charge in [0.1, 0.15) is 0 Å². The van der Waals surface area contributed by atoms with Crippen molar-refractivity contribution in [2.75, 3.05) is 6.54 Å². The van der Waals surface area contributed by atoms with E-state index in [0.717, 1.165) is 24.9 Å². The number of amides is 1. The van der Waals surface area contributed by atoms with Gasteiger partial charge in [0.2, 0.25) is 5.91 Å². The first-order valence-electron chi connectivity index (χ1n) is 5.46. The molecule has 2 heterocycles. The monoisotopic (exact) mass is 204 g/mol. The molecule has 3 nitrogen and oxygen atoms in total. The number of likely N-dealkylation sites (tertiary alicyclic amines) is 1. The van der Waals surface area contributed by atoms with E-state index >= 15 is 0 Å². The van der Waals surface area contributed by atoms with Gasteiger partial charge in [-0.1, -0.05) is 19.4 Å². The largest absolute Gasteiger partial charge is 0.338 e. The summed E-state index contributed by atoms with van der Waals surface area (Å²) in [6.45, 7) is 3.76. The SMILES string of the molecule is CC[C@H]1CC(=O)N(Cc2cccnc2)C1. The fourth-order valence-corrected chi connectivity index (χ4v) is 1.99. The number of aromatic nitrogens is 1. The number of nitrogens with zero attached hydrogens (tertiary/aromatic N) is 2. The summed E-state index contributed by atoms with van der Waals surface area (Å²) < 4.78 is 0. The predicted octanol–water partition coefficient (Wildman–Crippen LogP) is 1.84. The summed E-state index contributed by atoms with van der Waals surface area (Å²) in [7, 11) is 0. The van der Waals surface area contributed by atoms with E-state index in [1.54, 1.807) is 6.20 Å². The summed E-state index contributed by atoms with van der Waals surface area (Å²) in [6, 6.07) is 3.92. The molecule has 0 unspecified atom stereocenters. The molecule has 3 heteroatoms. The van der Waals surface area contributed by atoms with Gasteiger partial charge >= 0.3 is 0 Å². The Morgan fingerprint density at radius 3 is 3.07 bits per heavy atom. The Morgan fingerprint density at radius 2 is 2.47 bits per heavy atom. The van der Waals surface area contributed by atoms with Crippen LogP contribution in [0.1, 0.15) is 25.3 Å². The van der Waals surface area contributed by atoms with E-state index in [0.29, 0.717) is 12.5 Å². The first-order valence-corrected chi connectivity index (χ1v) is 5.46. The molecule has 0 radical (unpaired) electrons. The van der Waals surface area contributed by atoms with E-state index in [4.69, 9.17) is 0 Å². The Balaban J connectivity index is 1.99. The lowest BCUT2D eigenvalue weighted by molar-refractivity contribution is -0.128. The summed E-state index contributed by atoms with van der Waals surface area (Å²) in [5.74, 6) is 0.833. The summed E-state index contributed by atoms with van der Waals surface area (Å²) in [5.41, 5.74) is 1.11. The number of hydrogen-bond donors (Lipinski definition) is 0. The smallest absolute Gasteiger partial charge is 0.223 e. The van der Waals surface area contributed by atoms with Gasteiger partial charge in [-0.3, -0.25) is 9.78 Å². The van der Waals surface area contributed by atoms with Crippen molar-refractivity contribution in [1.82, 2.24) is 9.88 Å². The average Bonchev–Trinajstić information content (AvgIpc) is 2.61. The normalized spacial score (nSPS) is 21.0. The highest BCUT2D eigenvalue weighted by atomic mass is 16.2. The fraction of sp³-hybridized carbons (Fsp3) is 0.500. The van der Waals surface area contributed by atoms with Crippen LogP contribution in [0.2, 0.25) is 0 Å². The molecule has 0 bridgehead atoms. The van der Waals surface area contributed by atoms with Crippen molar-refractivity contribution < 1.29 is 4.79 Å². The highest BCUT2D eigenvalue weighted by Crippen LogP contribution is 2.21. The minimum absolute atomic E-state index is 0.283. The third-order valence-corrected chi connectivity index (χ3v) is 2.97. The van der Waals surface area contributed by atoms with Gasteiger partial charge in [-0.15, -0.1) is 0 Å². The van der Waals surface area contributed by atoms with Crippen molar-refractivity contribution in [1.29, 1.82) is 0 Å². The zero-order chi connectivity index (χ0) is 10.7. The molecule has 1 aromatic heterocycles. The molecule has 1 atom stereocenters. The van der Waals surface area contributed by atoms with Gasteiger partial charge in [-0.25, -0.2) is 0 Å². The number of carbonyl (C=O) groups is 1. The zero-order valence-corrected chi connectivity index (χ0v) is 9.02. The van der Waals surface area contributed by atoms with E-state index in [1.165, 1.54) is 0 Å². The fourth-order valence-electron chi connectivity index (χ4n) is 1.99. The molecule has 1 amide bonds. The van der Waals surface area contributed by atoms with Crippen LogP contribution in [0.3, 0.4) is 0 Å². The minimum atomic E-state index is 0.283. The third-order valence-electron chi connectivity index (χ3n) is 2.97. The molecular formula is C12H16N2O. The predicted molar refractivity (Wildman–Crippen MR) is 58.1 cm³/mol. The van der Waals surface area contributed by atoms with Gasteiger partial charge in [0.05, 0.1) is 0 Å². The van der Waals surface area contributed by atoms with E-state index < -0.39 is 0 Å². The number of carbonyl (C=O) groups excluding carboxylic acids is 1. The van der Waals surface area contributed by atoms with E-state index in [2.05, 4.69) is 11.9 Å². The first-order chi connectivity index (χ1) is 7.29. The summed E-state index contributed by atoms with van der Waals surface area (Å²) in [6.07, 6.45) is 5.39. The lowest BCUT2D eigenvalue weighted by Gasteiger charge is -2.15. The van der Waals surface area contributed by atoms with Crippen molar-refractivity contribution in [2.45, 2.75) is 26.3 Å². The van der Waals surface area contributed by atoms with E-state index in [9.17, 15) is 4.79 Å². The molecule has 1 fully saturated rings. The van der Waals surface area contributed by atoms with Crippen LogP contribution in [0.5, 0.6) is 0 Å². The molecular weight excluding hydrogens is 188 g/mol. The van der Waals surface area contributed by atoms with Crippen LogP contribution < -0.4 is 0 Å². The molecule has 1 saturated heterocycles. The van der Waals surface area contributed by atoms with Crippen LogP contribution >= 0.6 is 0 Å². The minimum Gasteiger partial charge on any atom is -0.338 e. The third kappa shape index (κ3) is 2.35. The molecule has 1 aliphatic heterocycles. The Morgan fingerprint density at radius 1 is 1.60 bits per heavy atom. The van der Waals surface area contributed by atoms with Crippen LogP contribution in [-0.4, -0.2) is 22.3 Å². The molecule has 0 aliphatic carbocycles. The highest BCUT2D eigenvalue weighted by molar-refractivity contribution is 5.78. The zero-order valence-electron chi connectivity index (χ0n) is 9.02. The van der Waals surface area contributed by atoms with Gasteiger partial charge in [0.25, 0.3) is 0 Å². The lowest BCUT2D eigenvalue weighted by Crippen LogP contribution is -2.24. The lowest BCUT2D eigenvalue weighted by atomic mass is 10.1. The van der Waals surface area contributed by atoms with Gasteiger partial charge in [0, 0.05) is 31.9 Å². The highest BCUT2D eigenvalue weighted by Gasteiger charge is 2.27. The maximum Gasteiger partial charge on any atom is 0.223 e. The molecule has 80 valence electrons. The van der Waals surface area contributed by atoms with Crippen molar-refractivity contribution in [2.24, 2.45) is 5.92 Å². The van der Waals surface area contributed by atoms with Gasteiger partial charge in [-0.05, 0) is 17.5 Å². The second-order valence-corrected chi connectivity index (χ2v) is 4.11. The molecule has 0 spiro atoms. The van der Waals surface area contributed by atoms with Crippen LogP contribution in [0, 0.1) is 5.92 Å². The van der Waals surface area contributed by atoms with Gasteiger partial charge in [0.15, 0.2) is 0 Å². The Bertz CT molecular complexity index is 337. The number of pyridine rings is 1. The molecule has 15 heavy (non-hydrogen) atoms. The summed E-state index contributed by atoms with van der Waals surface area (Å²) in [4.78, 5) is 17.6. The average molecular weight is 204 g/mol. The second-order valence-electron chi connectivity index (χ2n) is 4.11. The Kier molecular flexibility index (Phi) is 2.99. The molecule has 0 aromatic carbocycles. The number of hydrogen-bond acceptors (Lipinski definition) is 2. The molecule has 0 N–H and O–H groups in total. The van der Waals surface area contributed by atoms with Crippen molar-refractivity contribution >= 4 is 5.91 Å².